The van der Waals surface area contributed by atoms with E-state index in [-0.39, 0.29) is 23.4 Å². The van der Waals surface area contributed by atoms with Crippen molar-refractivity contribution in [2.45, 2.75) is 13.5 Å². The molecule has 1 amide bonds. The average molecular weight is 462 g/mol. The molecule has 0 radical (unpaired) electrons. The maximum atomic E-state index is 13.2. The first-order chi connectivity index (χ1) is 15.9. The molecular formula is C25H20ClN3O4. The number of nitrogens with zero attached hydrogens (tertiary/aromatic N) is 2. The lowest BCUT2D eigenvalue weighted by Gasteiger charge is -2.13. The number of pyridine rings is 2. The summed E-state index contributed by atoms with van der Waals surface area (Å²) in [6.07, 6.45) is 1.39. The number of amides is 1. The molecule has 0 fully saturated rings. The average Bonchev–Trinajstić information content (AvgIpc) is 2.82. The van der Waals surface area contributed by atoms with Gasteiger partial charge in [0.1, 0.15) is 17.9 Å². The highest BCUT2D eigenvalue weighted by Gasteiger charge is 2.19. The highest BCUT2D eigenvalue weighted by molar-refractivity contribution is 6.30. The van der Waals surface area contributed by atoms with Crippen LogP contribution in [-0.2, 0) is 11.3 Å². The van der Waals surface area contributed by atoms with Gasteiger partial charge in [0.15, 0.2) is 5.78 Å². The van der Waals surface area contributed by atoms with Gasteiger partial charge in [-0.15, -0.1) is 0 Å². The summed E-state index contributed by atoms with van der Waals surface area (Å²) in [5, 5.41) is 3.59. The van der Waals surface area contributed by atoms with Crippen LogP contribution in [-0.4, -0.2) is 28.4 Å². The molecule has 7 nitrogen and oxygen atoms in total. The van der Waals surface area contributed by atoms with Crippen molar-refractivity contribution in [3.63, 3.8) is 0 Å². The van der Waals surface area contributed by atoms with Gasteiger partial charge in [0.2, 0.25) is 11.3 Å². The first-order valence-electron chi connectivity index (χ1n) is 10.1. The van der Waals surface area contributed by atoms with E-state index in [1.807, 2.05) is 0 Å². The number of halogens is 1. The fourth-order valence-electron chi connectivity index (χ4n) is 3.45. The number of ether oxygens (including phenoxy) is 1. The molecule has 1 N–H and O–H groups in total. The largest absolute Gasteiger partial charge is 0.497 e. The molecule has 0 spiro atoms. The smallest absolute Gasteiger partial charge is 0.244 e. The van der Waals surface area contributed by atoms with Crippen LogP contribution in [0.4, 0.5) is 5.69 Å². The highest BCUT2D eigenvalue weighted by atomic mass is 35.5. The summed E-state index contributed by atoms with van der Waals surface area (Å²) in [6.45, 7) is 1.64. The molecule has 2 aromatic heterocycles. The van der Waals surface area contributed by atoms with Crippen LogP contribution in [0.3, 0.4) is 0 Å². The molecule has 0 bridgehead atoms. The summed E-state index contributed by atoms with van der Waals surface area (Å²) in [4.78, 5) is 43.5. The molecule has 166 valence electrons. The van der Waals surface area contributed by atoms with E-state index >= 15 is 0 Å². The van der Waals surface area contributed by atoms with Crippen LogP contribution in [0.15, 0.2) is 71.7 Å². The Balaban J connectivity index is 1.76. The number of benzene rings is 2. The Morgan fingerprint density at radius 1 is 1.09 bits per heavy atom. The molecule has 2 heterocycles. The number of anilines is 1. The summed E-state index contributed by atoms with van der Waals surface area (Å²) in [5.41, 5.74) is 1.39. The van der Waals surface area contributed by atoms with E-state index < -0.39 is 11.2 Å². The summed E-state index contributed by atoms with van der Waals surface area (Å²) >= 11 is 5.90. The maximum Gasteiger partial charge on any atom is 0.244 e. The lowest BCUT2D eigenvalue weighted by atomic mass is 10.0. The number of carbonyl (C=O) groups excluding carboxylic acids is 2. The summed E-state index contributed by atoms with van der Waals surface area (Å²) < 4.78 is 6.70. The number of hydrogen-bond acceptors (Lipinski definition) is 5. The molecule has 2 aromatic carbocycles. The number of hydrogen-bond donors (Lipinski definition) is 1. The number of aryl methyl sites for hydroxylation is 1. The van der Waals surface area contributed by atoms with Crippen LogP contribution in [0.5, 0.6) is 5.75 Å². The quantitative estimate of drug-likeness (QED) is 0.434. The Morgan fingerprint density at radius 3 is 2.58 bits per heavy atom. The summed E-state index contributed by atoms with van der Waals surface area (Å²) in [5.74, 6) is -0.305. The van der Waals surface area contributed by atoms with Gasteiger partial charge in [-0.1, -0.05) is 23.7 Å². The van der Waals surface area contributed by atoms with E-state index in [1.165, 1.54) is 17.9 Å². The standard InChI is InChI=1S/C25H20ClN3O4/c1-15-6-11-20-24(32)21(23(31)16-4-3-5-19(12-16)33-2)13-29(25(20)27-15)14-22(30)28-18-9-7-17(26)8-10-18/h3-13H,14H2,1-2H3,(H,28,30). The number of nitrogens with one attached hydrogen (secondary N) is 1. The molecular weight excluding hydrogens is 442 g/mol. The molecule has 0 aliphatic heterocycles. The minimum Gasteiger partial charge on any atom is -0.497 e. The van der Waals surface area contributed by atoms with Gasteiger partial charge in [0.25, 0.3) is 0 Å². The van der Waals surface area contributed by atoms with Crippen LogP contribution in [0.2, 0.25) is 5.02 Å². The van der Waals surface area contributed by atoms with Gasteiger partial charge in [0.05, 0.1) is 18.1 Å². The predicted molar refractivity (Wildman–Crippen MR) is 127 cm³/mol. The van der Waals surface area contributed by atoms with Gasteiger partial charge in [-0.25, -0.2) is 4.98 Å². The second-order valence-corrected chi connectivity index (χ2v) is 7.88. The third-order valence-corrected chi connectivity index (χ3v) is 5.33. The van der Waals surface area contributed by atoms with E-state index in [9.17, 15) is 14.4 Å². The number of rotatable bonds is 6. The van der Waals surface area contributed by atoms with Crippen molar-refractivity contribution >= 4 is 40.0 Å². The van der Waals surface area contributed by atoms with E-state index in [1.54, 1.807) is 67.6 Å². The Hall–Kier alpha value is -3.97. The Morgan fingerprint density at radius 2 is 1.85 bits per heavy atom. The zero-order chi connectivity index (χ0) is 23.5. The van der Waals surface area contributed by atoms with E-state index in [2.05, 4.69) is 10.3 Å². The topological polar surface area (TPSA) is 90.3 Å². The second-order valence-electron chi connectivity index (χ2n) is 7.44. The Bertz CT molecular complexity index is 1430. The third-order valence-electron chi connectivity index (χ3n) is 5.08. The molecule has 0 atom stereocenters. The van der Waals surface area contributed by atoms with Crippen LogP contribution in [0.25, 0.3) is 11.0 Å². The maximum absolute atomic E-state index is 13.2. The van der Waals surface area contributed by atoms with Crippen molar-refractivity contribution in [2.75, 3.05) is 12.4 Å². The van der Waals surface area contributed by atoms with Gasteiger partial charge >= 0.3 is 0 Å². The normalized spacial score (nSPS) is 10.8. The van der Waals surface area contributed by atoms with Crippen molar-refractivity contribution in [3.8, 4) is 5.75 Å². The minimum absolute atomic E-state index is 0.0549. The van der Waals surface area contributed by atoms with Crippen LogP contribution < -0.4 is 15.5 Å². The lowest BCUT2D eigenvalue weighted by Crippen LogP contribution is -2.25. The Kier molecular flexibility index (Phi) is 6.24. The van der Waals surface area contributed by atoms with Gasteiger partial charge in [0, 0.05) is 28.2 Å². The van der Waals surface area contributed by atoms with Crippen LogP contribution in [0.1, 0.15) is 21.6 Å². The van der Waals surface area contributed by atoms with Crippen molar-refractivity contribution in [3.05, 3.63) is 98.9 Å². The van der Waals surface area contributed by atoms with Crippen molar-refractivity contribution in [2.24, 2.45) is 0 Å². The Labute approximate surface area is 194 Å². The van der Waals surface area contributed by atoms with Gasteiger partial charge in [-0.3, -0.25) is 14.4 Å². The van der Waals surface area contributed by atoms with Gasteiger partial charge < -0.3 is 14.6 Å². The highest BCUT2D eigenvalue weighted by Crippen LogP contribution is 2.18. The SMILES string of the molecule is COc1cccc(C(=O)c2cn(CC(=O)Nc3ccc(Cl)cc3)c3nc(C)ccc3c2=O)c1. The zero-order valence-corrected chi connectivity index (χ0v) is 18.7. The van der Waals surface area contributed by atoms with E-state index in [0.717, 1.165) is 0 Å². The monoisotopic (exact) mass is 461 g/mol. The summed E-state index contributed by atoms with van der Waals surface area (Å²) in [7, 11) is 1.50. The van der Waals surface area contributed by atoms with E-state index in [4.69, 9.17) is 16.3 Å². The summed E-state index contributed by atoms with van der Waals surface area (Å²) in [6, 6.07) is 16.6. The van der Waals surface area contributed by atoms with Crippen LogP contribution in [0, 0.1) is 6.92 Å². The molecule has 4 rings (SSSR count). The second kappa shape index (κ2) is 9.26. The van der Waals surface area contributed by atoms with Gasteiger partial charge in [-0.2, -0.15) is 0 Å². The minimum atomic E-state index is -0.465. The molecule has 0 saturated carbocycles. The fourth-order valence-corrected chi connectivity index (χ4v) is 3.58. The third kappa shape index (κ3) is 4.78. The van der Waals surface area contributed by atoms with Crippen LogP contribution >= 0.6 is 11.6 Å². The predicted octanol–water partition coefficient (Wildman–Crippen LogP) is 4.24. The first kappa shape index (κ1) is 22.2. The van der Waals surface area contributed by atoms with E-state index in [0.29, 0.717) is 33.4 Å². The van der Waals surface area contributed by atoms with Crippen molar-refractivity contribution < 1.29 is 14.3 Å². The zero-order valence-electron chi connectivity index (χ0n) is 18.0. The molecule has 4 aromatic rings. The van der Waals surface area contributed by atoms with Crippen molar-refractivity contribution in [1.29, 1.82) is 0 Å². The number of methoxy groups -OCH3 is 1. The number of ketones is 1. The van der Waals surface area contributed by atoms with Gasteiger partial charge in [-0.05, 0) is 55.5 Å². The molecule has 8 heteroatoms. The van der Waals surface area contributed by atoms with Crippen molar-refractivity contribution in [1.82, 2.24) is 9.55 Å². The molecule has 0 unspecified atom stereocenters. The molecule has 33 heavy (non-hydrogen) atoms. The number of aromatic nitrogens is 2. The molecule has 0 aliphatic carbocycles. The first-order valence-corrected chi connectivity index (χ1v) is 10.5. The molecule has 0 saturated heterocycles. The molecule has 0 aliphatic rings. The number of carbonyl (C=O) groups is 2. The fraction of sp³-hybridized carbons (Fsp3) is 0.120. The lowest BCUT2D eigenvalue weighted by molar-refractivity contribution is -0.116. The number of fused-ring (bicyclic) bond motifs is 1.